The Morgan fingerprint density at radius 2 is 1.85 bits per heavy atom. The van der Waals surface area contributed by atoms with Crippen LogP contribution in [0.3, 0.4) is 0 Å². The predicted molar refractivity (Wildman–Crippen MR) is 93.0 cm³/mol. The molecule has 0 amide bonds. The Morgan fingerprint density at radius 3 is 2.50 bits per heavy atom. The zero-order valence-corrected chi connectivity index (χ0v) is 14.1. The normalized spacial score (nSPS) is 10.5. The third kappa shape index (κ3) is 3.44. The van der Waals surface area contributed by atoms with E-state index in [1.807, 2.05) is 24.3 Å². The van der Waals surface area contributed by atoms with E-state index in [4.69, 9.17) is 9.47 Å². The fraction of sp³-hybridized carbons (Fsp3) is 0.167. The molecule has 3 rings (SSSR count). The number of carbonyl (C=O) groups is 1. The van der Waals surface area contributed by atoms with Crippen molar-refractivity contribution in [3.05, 3.63) is 69.5 Å². The van der Waals surface area contributed by atoms with Crippen molar-refractivity contribution < 1.29 is 19.2 Å². The molecular weight excluding hydrogens is 338 g/mol. The number of carbonyl (C=O) groups excluding carboxylic acids is 1. The molecule has 8 nitrogen and oxygen atoms in total. The summed E-state index contributed by atoms with van der Waals surface area (Å²) < 4.78 is 10.4. The molecule has 0 saturated carbocycles. The molecule has 0 fully saturated rings. The van der Waals surface area contributed by atoms with Crippen molar-refractivity contribution in [3.8, 4) is 5.75 Å². The zero-order chi connectivity index (χ0) is 18.7. The molecule has 0 spiro atoms. The number of nitrogens with zero attached hydrogens (tertiary/aromatic N) is 3. The molecule has 0 N–H and O–H groups in total. The van der Waals surface area contributed by atoms with Gasteiger partial charge in [-0.1, -0.05) is 12.1 Å². The van der Waals surface area contributed by atoms with Gasteiger partial charge < -0.3 is 9.47 Å². The second-order valence-corrected chi connectivity index (χ2v) is 5.46. The van der Waals surface area contributed by atoms with Gasteiger partial charge in [0.25, 0.3) is 5.69 Å². The number of ether oxygens (including phenoxy) is 2. The van der Waals surface area contributed by atoms with E-state index in [1.54, 1.807) is 6.92 Å². The van der Waals surface area contributed by atoms with E-state index in [2.05, 4.69) is 9.97 Å². The molecule has 1 heterocycles. The lowest BCUT2D eigenvalue weighted by Crippen LogP contribution is -2.10. The molecular formula is C18H15N3O5. The third-order valence-corrected chi connectivity index (χ3v) is 3.80. The maximum absolute atomic E-state index is 12.4. The van der Waals surface area contributed by atoms with Gasteiger partial charge in [0.1, 0.15) is 17.9 Å². The van der Waals surface area contributed by atoms with Crippen molar-refractivity contribution in [2.24, 2.45) is 0 Å². The molecule has 26 heavy (non-hydrogen) atoms. The molecule has 0 saturated heterocycles. The maximum Gasteiger partial charge on any atom is 0.342 e. The molecule has 132 valence electrons. The number of nitro groups is 1. The van der Waals surface area contributed by atoms with Gasteiger partial charge in [-0.25, -0.2) is 14.8 Å². The molecule has 0 unspecified atom stereocenters. The molecule has 3 aromatic rings. The highest BCUT2D eigenvalue weighted by Gasteiger charge is 2.19. The van der Waals surface area contributed by atoms with Crippen LogP contribution in [0, 0.1) is 17.0 Å². The first-order chi connectivity index (χ1) is 12.5. The highest BCUT2D eigenvalue weighted by Crippen LogP contribution is 2.25. The van der Waals surface area contributed by atoms with Crippen LogP contribution < -0.4 is 4.74 Å². The van der Waals surface area contributed by atoms with Crippen LogP contribution in [0.15, 0.2) is 42.5 Å². The second kappa shape index (κ2) is 7.14. The van der Waals surface area contributed by atoms with E-state index < -0.39 is 10.9 Å². The number of hydrogen-bond acceptors (Lipinski definition) is 7. The van der Waals surface area contributed by atoms with Crippen LogP contribution in [0.4, 0.5) is 5.69 Å². The van der Waals surface area contributed by atoms with Crippen LogP contribution in [0.1, 0.15) is 21.7 Å². The summed E-state index contributed by atoms with van der Waals surface area (Å²) in [6, 6.07) is 11.1. The van der Waals surface area contributed by atoms with E-state index in [0.717, 1.165) is 11.6 Å². The van der Waals surface area contributed by atoms with Gasteiger partial charge in [0.15, 0.2) is 0 Å². The molecule has 8 heteroatoms. The van der Waals surface area contributed by atoms with Gasteiger partial charge in [-0.15, -0.1) is 0 Å². The van der Waals surface area contributed by atoms with Crippen molar-refractivity contribution in [1.82, 2.24) is 9.97 Å². The molecule has 0 radical (unpaired) electrons. The summed E-state index contributed by atoms with van der Waals surface area (Å²) >= 11 is 0. The van der Waals surface area contributed by atoms with Crippen LogP contribution in [-0.4, -0.2) is 28.0 Å². The number of non-ortho nitro benzene ring substituents is 1. The summed E-state index contributed by atoms with van der Waals surface area (Å²) in [6.45, 7) is 1.67. The Bertz CT molecular complexity index is 1000. The monoisotopic (exact) mass is 353 g/mol. The van der Waals surface area contributed by atoms with Gasteiger partial charge in [0.05, 0.1) is 34.5 Å². The molecule has 0 aliphatic heterocycles. The minimum Gasteiger partial charge on any atom is -0.496 e. The summed E-state index contributed by atoms with van der Waals surface area (Å²) in [4.78, 5) is 31.6. The van der Waals surface area contributed by atoms with E-state index in [0.29, 0.717) is 16.9 Å². The summed E-state index contributed by atoms with van der Waals surface area (Å²) in [7, 11) is 1.37. The van der Waals surface area contributed by atoms with Crippen LogP contribution in [0.5, 0.6) is 5.75 Å². The largest absolute Gasteiger partial charge is 0.496 e. The first kappa shape index (κ1) is 17.3. The minimum atomic E-state index is -0.736. The smallest absolute Gasteiger partial charge is 0.342 e. The number of methoxy groups -OCH3 is 1. The zero-order valence-electron chi connectivity index (χ0n) is 14.1. The molecule has 0 atom stereocenters. The number of hydrogen-bond donors (Lipinski definition) is 0. The molecule has 1 aromatic heterocycles. The van der Waals surface area contributed by atoms with Gasteiger partial charge in [-0.3, -0.25) is 10.1 Å². The van der Waals surface area contributed by atoms with Crippen molar-refractivity contribution >= 4 is 22.7 Å². The number of fused-ring (bicyclic) bond motifs is 1. The number of benzene rings is 2. The highest BCUT2D eigenvalue weighted by atomic mass is 16.6. The standard InChI is InChI=1S/C18H15N3O5/c1-11-16(20-15-6-4-3-5-14(15)19-11)10-26-18(22)13-9-12(21(23)24)7-8-17(13)25-2/h3-9H,10H2,1-2H3. The van der Waals surface area contributed by atoms with Gasteiger partial charge in [-0.2, -0.15) is 0 Å². The van der Waals surface area contributed by atoms with Crippen LogP contribution >= 0.6 is 0 Å². The van der Waals surface area contributed by atoms with Gasteiger partial charge in [-0.05, 0) is 25.1 Å². The van der Waals surface area contributed by atoms with Gasteiger partial charge in [0, 0.05) is 12.1 Å². The molecule has 0 aliphatic carbocycles. The van der Waals surface area contributed by atoms with E-state index in [1.165, 1.54) is 19.2 Å². The number of aromatic nitrogens is 2. The second-order valence-electron chi connectivity index (χ2n) is 5.46. The van der Waals surface area contributed by atoms with Crippen molar-refractivity contribution in [2.45, 2.75) is 13.5 Å². The number of para-hydroxylation sites is 2. The summed E-state index contributed by atoms with van der Waals surface area (Å²) in [5.41, 5.74) is 2.36. The summed E-state index contributed by atoms with van der Waals surface area (Å²) in [6.07, 6.45) is 0. The molecule has 0 bridgehead atoms. The SMILES string of the molecule is COc1ccc([N+](=O)[O-])cc1C(=O)OCc1nc2ccccc2nc1C. The average Bonchev–Trinajstić information content (AvgIpc) is 2.65. The Labute approximate surface area is 148 Å². The van der Waals surface area contributed by atoms with Crippen molar-refractivity contribution in [1.29, 1.82) is 0 Å². The first-order valence-electron chi connectivity index (χ1n) is 7.71. The number of nitro benzene ring substituents is 1. The highest BCUT2D eigenvalue weighted by molar-refractivity contribution is 5.93. The first-order valence-corrected chi connectivity index (χ1v) is 7.71. The summed E-state index contributed by atoms with van der Waals surface area (Å²) in [5.74, 6) is -0.540. The quantitative estimate of drug-likeness (QED) is 0.394. The van der Waals surface area contributed by atoms with Gasteiger partial charge in [0.2, 0.25) is 0 Å². The minimum absolute atomic E-state index is 0.0203. The Balaban J connectivity index is 1.84. The van der Waals surface area contributed by atoms with E-state index in [-0.39, 0.29) is 23.6 Å². The Hall–Kier alpha value is -3.55. The molecule has 2 aromatic carbocycles. The lowest BCUT2D eigenvalue weighted by molar-refractivity contribution is -0.384. The summed E-state index contributed by atoms with van der Waals surface area (Å²) in [5, 5.41) is 10.9. The number of rotatable bonds is 5. The lowest BCUT2D eigenvalue weighted by Gasteiger charge is -2.10. The topological polar surface area (TPSA) is 104 Å². The Kier molecular flexibility index (Phi) is 4.74. The van der Waals surface area contributed by atoms with Crippen LogP contribution in [0.25, 0.3) is 11.0 Å². The average molecular weight is 353 g/mol. The Morgan fingerprint density at radius 1 is 1.15 bits per heavy atom. The number of esters is 1. The van der Waals surface area contributed by atoms with E-state index >= 15 is 0 Å². The maximum atomic E-state index is 12.4. The fourth-order valence-corrected chi connectivity index (χ4v) is 2.44. The van der Waals surface area contributed by atoms with Crippen molar-refractivity contribution in [2.75, 3.05) is 7.11 Å². The number of aryl methyl sites for hydroxylation is 1. The molecule has 0 aliphatic rings. The lowest BCUT2D eigenvalue weighted by atomic mass is 10.2. The van der Waals surface area contributed by atoms with E-state index in [9.17, 15) is 14.9 Å². The van der Waals surface area contributed by atoms with Gasteiger partial charge >= 0.3 is 5.97 Å². The third-order valence-electron chi connectivity index (χ3n) is 3.80. The van der Waals surface area contributed by atoms with Crippen molar-refractivity contribution in [3.63, 3.8) is 0 Å². The van der Waals surface area contributed by atoms with Crippen LogP contribution in [0.2, 0.25) is 0 Å². The van der Waals surface area contributed by atoms with Crippen LogP contribution in [-0.2, 0) is 11.3 Å². The fourth-order valence-electron chi connectivity index (χ4n) is 2.44. The predicted octanol–water partition coefficient (Wildman–Crippen LogP) is 3.21.